The summed E-state index contributed by atoms with van der Waals surface area (Å²) in [6, 6.07) is 6.51. The number of halogens is 1. The quantitative estimate of drug-likeness (QED) is 0.864. The highest BCUT2D eigenvalue weighted by atomic mass is 19.1. The molecule has 1 aliphatic heterocycles. The highest BCUT2D eigenvalue weighted by Crippen LogP contribution is 2.28. The molecule has 1 aromatic heterocycles. The van der Waals surface area contributed by atoms with Crippen LogP contribution in [0.5, 0.6) is 0 Å². The fourth-order valence-corrected chi connectivity index (χ4v) is 2.71. The van der Waals surface area contributed by atoms with Gasteiger partial charge in [-0.05, 0) is 24.6 Å². The summed E-state index contributed by atoms with van der Waals surface area (Å²) < 4.78 is 24.3. The number of ether oxygens (including phenoxy) is 1. The first-order valence-corrected chi connectivity index (χ1v) is 7.99. The van der Waals surface area contributed by atoms with E-state index in [1.54, 1.807) is 12.1 Å². The molecule has 0 spiro atoms. The first-order chi connectivity index (χ1) is 11.0. The highest BCUT2D eigenvalue weighted by molar-refractivity contribution is 5.19. The van der Waals surface area contributed by atoms with E-state index in [9.17, 15) is 4.39 Å². The van der Waals surface area contributed by atoms with Crippen LogP contribution in [0.4, 0.5) is 4.39 Å². The molecule has 0 saturated carbocycles. The van der Waals surface area contributed by atoms with Crippen molar-refractivity contribution >= 4 is 0 Å². The van der Waals surface area contributed by atoms with Crippen LogP contribution in [-0.2, 0) is 4.74 Å². The Hall–Kier alpha value is -1.79. The van der Waals surface area contributed by atoms with E-state index in [4.69, 9.17) is 9.26 Å². The van der Waals surface area contributed by atoms with Gasteiger partial charge in [-0.25, -0.2) is 4.39 Å². The van der Waals surface area contributed by atoms with Crippen LogP contribution in [0.15, 0.2) is 28.8 Å². The number of hydrogen-bond donors (Lipinski definition) is 0. The normalized spacial score (nSPS) is 20.8. The second kappa shape index (κ2) is 6.76. The summed E-state index contributed by atoms with van der Waals surface area (Å²) in [7, 11) is 0. The third-order valence-corrected chi connectivity index (χ3v) is 4.22. The lowest BCUT2D eigenvalue weighted by molar-refractivity contribution is -0.0469. The second-order valence-electron chi connectivity index (χ2n) is 6.23. The molecule has 0 unspecified atom stereocenters. The van der Waals surface area contributed by atoms with E-state index in [1.807, 2.05) is 13.8 Å². The molecule has 5 nitrogen and oxygen atoms in total. The molecule has 6 heteroatoms. The van der Waals surface area contributed by atoms with Crippen LogP contribution in [0, 0.1) is 5.82 Å². The lowest BCUT2D eigenvalue weighted by Gasteiger charge is -2.35. The van der Waals surface area contributed by atoms with Crippen LogP contribution in [0.3, 0.4) is 0 Å². The molecule has 23 heavy (non-hydrogen) atoms. The molecule has 0 amide bonds. The van der Waals surface area contributed by atoms with E-state index < -0.39 is 0 Å². The number of benzene rings is 1. The maximum absolute atomic E-state index is 13.1. The molecule has 1 aliphatic rings. The molecular formula is C17H22FN3O2. The third kappa shape index (κ3) is 3.59. The van der Waals surface area contributed by atoms with Crippen LogP contribution in [-0.4, -0.2) is 34.7 Å². The zero-order valence-corrected chi connectivity index (χ0v) is 13.7. The number of rotatable bonds is 4. The van der Waals surface area contributed by atoms with Crippen molar-refractivity contribution in [3.8, 4) is 0 Å². The third-order valence-electron chi connectivity index (χ3n) is 4.22. The zero-order valence-electron chi connectivity index (χ0n) is 13.7. The zero-order chi connectivity index (χ0) is 16.4. The van der Waals surface area contributed by atoms with Crippen LogP contribution in [0.2, 0.25) is 0 Å². The molecule has 0 N–H and O–H groups in total. The Morgan fingerprint density at radius 2 is 1.96 bits per heavy atom. The molecule has 124 valence electrons. The summed E-state index contributed by atoms with van der Waals surface area (Å²) in [6.07, 6.45) is -0.0701. The number of nitrogens with zero attached hydrogens (tertiary/aromatic N) is 3. The van der Waals surface area contributed by atoms with Gasteiger partial charge in [0.25, 0.3) is 0 Å². The van der Waals surface area contributed by atoms with Gasteiger partial charge in [0.2, 0.25) is 5.89 Å². The van der Waals surface area contributed by atoms with Crippen LogP contribution in [0.1, 0.15) is 56.1 Å². The van der Waals surface area contributed by atoms with E-state index in [0.29, 0.717) is 19.0 Å². The van der Waals surface area contributed by atoms with Gasteiger partial charge in [-0.2, -0.15) is 4.98 Å². The minimum atomic E-state index is -0.234. The highest BCUT2D eigenvalue weighted by Gasteiger charge is 2.29. The fraction of sp³-hybridized carbons (Fsp3) is 0.529. The summed E-state index contributed by atoms with van der Waals surface area (Å²) in [4.78, 5) is 6.74. The van der Waals surface area contributed by atoms with E-state index in [-0.39, 0.29) is 23.9 Å². The molecule has 0 aliphatic carbocycles. The summed E-state index contributed by atoms with van der Waals surface area (Å²) in [6.45, 7) is 8.28. The maximum Gasteiger partial charge on any atom is 0.243 e. The number of morpholine rings is 1. The molecule has 1 aromatic carbocycles. The summed E-state index contributed by atoms with van der Waals surface area (Å²) >= 11 is 0. The van der Waals surface area contributed by atoms with Crippen molar-refractivity contribution in [1.29, 1.82) is 0 Å². The van der Waals surface area contributed by atoms with Gasteiger partial charge in [-0.1, -0.05) is 31.1 Å². The van der Waals surface area contributed by atoms with Crippen LogP contribution < -0.4 is 0 Å². The van der Waals surface area contributed by atoms with Gasteiger partial charge in [-0.15, -0.1) is 0 Å². The van der Waals surface area contributed by atoms with Crippen molar-refractivity contribution in [1.82, 2.24) is 15.0 Å². The lowest BCUT2D eigenvalue weighted by Crippen LogP contribution is -2.40. The van der Waals surface area contributed by atoms with Gasteiger partial charge in [0, 0.05) is 19.0 Å². The van der Waals surface area contributed by atoms with Crippen molar-refractivity contribution in [3.63, 3.8) is 0 Å². The molecule has 3 rings (SSSR count). The Labute approximate surface area is 135 Å². The van der Waals surface area contributed by atoms with Gasteiger partial charge >= 0.3 is 0 Å². The smallest absolute Gasteiger partial charge is 0.243 e. The maximum atomic E-state index is 13.1. The standard InChI is InChI=1S/C17H22FN3O2/c1-11(2)16-19-17(23-20-16)12(3)21-8-9-22-15(10-21)13-4-6-14(18)7-5-13/h4-7,11-12,15H,8-10H2,1-3H3/t12-,15+/m0/s1. The second-order valence-corrected chi connectivity index (χ2v) is 6.23. The molecule has 2 heterocycles. The van der Waals surface area contributed by atoms with E-state index in [1.165, 1.54) is 12.1 Å². The van der Waals surface area contributed by atoms with Crippen LogP contribution in [0.25, 0.3) is 0 Å². The monoisotopic (exact) mass is 319 g/mol. The molecule has 2 atom stereocenters. The van der Waals surface area contributed by atoms with Gasteiger partial charge in [-0.3, -0.25) is 4.90 Å². The topological polar surface area (TPSA) is 51.4 Å². The number of hydrogen-bond acceptors (Lipinski definition) is 5. The fourth-order valence-electron chi connectivity index (χ4n) is 2.71. The van der Waals surface area contributed by atoms with Crippen molar-refractivity contribution in [2.45, 2.75) is 38.8 Å². The Bertz CT molecular complexity index is 642. The minimum Gasteiger partial charge on any atom is -0.371 e. The predicted molar refractivity (Wildman–Crippen MR) is 83.5 cm³/mol. The lowest BCUT2D eigenvalue weighted by atomic mass is 10.1. The first-order valence-electron chi connectivity index (χ1n) is 7.99. The SMILES string of the molecule is CC(C)c1noc([C@H](C)N2CCO[C@@H](c3ccc(F)cc3)C2)n1. The van der Waals surface area contributed by atoms with E-state index in [0.717, 1.165) is 17.9 Å². The van der Waals surface area contributed by atoms with Gasteiger partial charge in [0.1, 0.15) is 5.82 Å². The first kappa shape index (κ1) is 16.1. The van der Waals surface area contributed by atoms with Crippen molar-refractivity contribution in [2.24, 2.45) is 0 Å². The Morgan fingerprint density at radius 3 is 2.61 bits per heavy atom. The van der Waals surface area contributed by atoms with E-state index >= 15 is 0 Å². The van der Waals surface area contributed by atoms with Crippen molar-refractivity contribution < 1.29 is 13.7 Å². The molecule has 1 saturated heterocycles. The minimum absolute atomic E-state index is 0.0295. The van der Waals surface area contributed by atoms with Crippen molar-refractivity contribution in [3.05, 3.63) is 47.4 Å². The average molecular weight is 319 g/mol. The molecule has 1 fully saturated rings. The summed E-state index contributed by atoms with van der Waals surface area (Å²) in [5.41, 5.74) is 0.983. The Kier molecular flexibility index (Phi) is 4.73. The van der Waals surface area contributed by atoms with Crippen LogP contribution >= 0.6 is 0 Å². The largest absolute Gasteiger partial charge is 0.371 e. The Balaban J connectivity index is 1.70. The van der Waals surface area contributed by atoms with Gasteiger partial charge in [0.05, 0.1) is 18.8 Å². The number of aromatic nitrogens is 2. The average Bonchev–Trinajstić information content (AvgIpc) is 3.05. The molecule has 0 bridgehead atoms. The van der Waals surface area contributed by atoms with E-state index in [2.05, 4.69) is 22.0 Å². The predicted octanol–water partition coefficient (Wildman–Crippen LogP) is 3.47. The molecular weight excluding hydrogens is 297 g/mol. The van der Waals surface area contributed by atoms with Gasteiger partial charge in [0.15, 0.2) is 5.82 Å². The molecule has 0 radical (unpaired) electrons. The summed E-state index contributed by atoms with van der Waals surface area (Å²) in [5.74, 6) is 1.38. The van der Waals surface area contributed by atoms with Crippen molar-refractivity contribution in [2.75, 3.05) is 19.7 Å². The Morgan fingerprint density at radius 1 is 1.22 bits per heavy atom. The van der Waals surface area contributed by atoms with Gasteiger partial charge < -0.3 is 9.26 Å². The summed E-state index contributed by atoms with van der Waals surface area (Å²) in [5, 5.41) is 4.03. The molecule has 2 aromatic rings.